The third kappa shape index (κ3) is 2.00. The van der Waals surface area contributed by atoms with Gasteiger partial charge in [0.15, 0.2) is 5.65 Å². The number of nitrogen functional groups attached to an aromatic ring is 1. The Hall–Kier alpha value is -1.56. The van der Waals surface area contributed by atoms with Gasteiger partial charge in [0, 0.05) is 14.2 Å². The molecule has 2 heterocycles. The first-order chi connectivity index (χ1) is 8.19. The first-order valence-electron chi connectivity index (χ1n) is 5.85. The molecular weight excluding hydrogens is 218 g/mol. The van der Waals surface area contributed by atoms with E-state index in [2.05, 4.69) is 17.0 Å². The van der Waals surface area contributed by atoms with Crippen molar-refractivity contribution in [2.24, 2.45) is 7.05 Å². The SMILES string of the molecule is CCCc1nn(C)c2c1nc(N)n2CCOC. The smallest absolute Gasteiger partial charge is 0.202 e. The fourth-order valence-electron chi connectivity index (χ4n) is 2.07. The van der Waals surface area contributed by atoms with Crippen LogP contribution < -0.4 is 5.73 Å². The normalized spacial score (nSPS) is 11.5. The van der Waals surface area contributed by atoms with Gasteiger partial charge in [0.05, 0.1) is 18.8 Å². The van der Waals surface area contributed by atoms with Gasteiger partial charge in [-0.25, -0.2) is 4.98 Å². The first-order valence-corrected chi connectivity index (χ1v) is 5.85. The van der Waals surface area contributed by atoms with Crippen LogP contribution in [0.25, 0.3) is 11.2 Å². The van der Waals surface area contributed by atoms with E-state index in [1.807, 2.05) is 16.3 Å². The molecule has 0 saturated heterocycles. The van der Waals surface area contributed by atoms with E-state index >= 15 is 0 Å². The molecule has 0 radical (unpaired) electrons. The summed E-state index contributed by atoms with van der Waals surface area (Å²) in [5.74, 6) is 0.530. The monoisotopic (exact) mass is 237 g/mol. The van der Waals surface area contributed by atoms with Gasteiger partial charge in [-0.2, -0.15) is 5.10 Å². The molecule has 0 fully saturated rings. The number of aromatic nitrogens is 4. The summed E-state index contributed by atoms with van der Waals surface area (Å²) < 4.78 is 8.88. The van der Waals surface area contributed by atoms with Crippen LogP contribution in [0.3, 0.4) is 0 Å². The lowest BCUT2D eigenvalue weighted by molar-refractivity contribution is 0.188. The Balaban J connectivity index is 2.49. The summed E-state index contributed by atoms with van der Waals surface area (Å²) in [6, 6.07) is 0. The van der Waals surface area contributed by atoms with Gasteiger partial charge in [-0.3, -0.25) is 9.25 Å². The van der Waals surface area contributed by atoms with Crippen LogP contribution in [0.1, 0.15) is 19.0 Å². The Labute approximate surface area is 100 Å². The highest BCUT2D eigenvalue weighted by atomic mass is 16.5. The fourth-order valence-corrected chi connectivity index (χ4v) is 2.07. The van der Waals surface area contributed by atoms with Gasteiger partial charge in [0.25, 0.3) is 0 Å². The topological polar surface area (TPSA) is 70.9 Å². The summed E-state index contributed by atoms with van der Waals surface area (Å²) in [4.78, 5) is 4.41. The second-order valence-corrected chi connectivity index (χ2v) is 4.11. The van der Waals surface area contributed by atoms with Gasteiger partial charge in [-0.1, -0.05) is 13.3 Å². The Morgan fingerprint density at radius 1 is 1.41 bits per heavy atom. The van der Waals surface area contributed by atoms with Gasteiger partial charge in [-0.15, -0.1) is 0 Å². The molecule has 0 spiro atoms. The Kier molecular flexibility index (Phi) is 3.33. The number of methoxy groups -OCH3 is 1. The summed E-state index contributed by atoms with van der Waals surface area (Å²) in [6.07, 6.45) is 1.98. The molecule has 0 atom stereocenters. The molecule has 0 aliphatic heterocycles. The summed E-state index contributed by atoms with van der Waals surface area (Å²) in [5.41, 5.74) is 8.84. The summed E-state index contributed by atoms with van der Waals surface area (Å²) in [6.45, 7) is 3.44. The molecule has 0 aliphatic carbocycles. The molecule has 17 heavy (non-hydrogen) atoms. The number of nitrogens with two attached hydrogens (primary N) is 1. The van der Waals surface area contributed by atoms with Crippen LogP contribution in [0.2, 0.25) is 0 Å². The van der Waals surface area contributed by atoms with E-state index in [9.17, 15) is 0 Å². The minimum atomic E-state index is 0.530. The summed E-state index contributed by atoms with van der Waals surface area (Å²) in [5, 5.41) is 4.49. The first kappa shape index (κ1) is 11.9. The van der Waals surface area contributed by atoms with E-state index < -0.39 is 0 Å². The highest BCUT2D eigenvalue weighted by Gasteiger charge is 2.16. The van der Waals surface area contributed by atoms with Crippen LogP contribution in [0, 0.1) is 0 Å². The predicted molar refractivity (Wildman–Crippen MR) is 66.8 cm³/mol. The number of ether oxygens (including phenoxy) is 1. The average Bonchev–Trinajstić information content (AvgIpc) is 2.76. The highest BCUT2D eigenvalue weighted by Crippen LogP contribution is 2.21. The standard InChI is InChI=1S/C11H19N5O/c1-4-5-8-9-10(15(2)14-8)16(6-7-17-3)11(12)13-9/h4-7H2,1-3H3,(H2,12,13). The molecule has 0 amide bonds. The Morgan fingerprint density at radius 3 is 2.82 bits per heavy atom. The van der Waals surface area contributed by atoms with Gasteiger partial charge in [0.2, 0.25) is 5.95 Å². The average molecular weight is 237 g/mol. The molecule has 6 nitrogen and oxygen atoms in total. The van der Waals surface area contributed by atoms with Crippen molar-refractivity contribution < 1.29 is 4.74 Å². The quantitative estimate of drug-likeness (QED) is 0.840. The Bertz CT molecular complexity index is 513. The number of nitrogens with zero attached hydrogens (tertiary/aromatic N) is 4. The lowest BCUT2D eigenvalue weighted by atomic mass is 10.2. The van der Waals surface area contributed by atoms with E-state index in [1.54, 1.807) is 7.11 Å². The van der Waals surface area contributed by atoms with Crippen LogP contribution in [-0.2, 0) is 24.8 Å². The molecule has 0 aromatic carbocycles. The number of anilines is 1. The maximum atomic E-state index is 5.93. The van der Waals surface area contributed by atoms with Crippen molar-refractivity contribution in [3.05, 3.63) is 5.69 Å². The van der Waals surface area contributed by atoms with E-state index in [-0.39, 0.29) is 0 Å². The molecule has 0 saturated carbocycles. The number of rotatable bonds is 5. The molecule has 0 aliphatic rings. The molecule has 94 valence electrons. The molecule has 2 aromatic rings. The van der Waals surface area contributed by atoms with E-state index in [0.717, 1.165) is 29.7 Å². The largest absolute Gasteiger partial charge is 0.383 e. The third-order valence-electron chi connectivity index (χ3n) is 2.83. The maximum Gasteiger partial charge on any atom is 0.202 e. The van der Waals surface area contributed by atoms with Gasteiger partial charge < -0.3 is 10.5 Å². The van der Waals surface area contributed by atoms with E-state index in [4.69, 9.17) is 10.5 Å². The van der Waals surface area contributed by atoms with Crippen molar-refractivity contribution in [1.82, 2.24) is 19.3 Å². The molecule has 0 unspecified atom stereocenters. The second-order valence-electron chi connectivity index (χ2n) is 4.11. The van der Waals surface area contributed by atoms with Crippen LogP contribution in [0.15, 0.2) is 0 Å². The summed E-state index contributed by atoms with van der Waals surface area (Å²) >= 11 is 0. The minimum Gasteiger partial charge on any atom is -0.383 e. The van der Waals surface area contributed by atoms with Crippen molar-refractivity contribution in [2.45, 2.75) is 26.3 Å². The van der Waals surface area contributed by atoms with Crippen molar-refractivity contribution in [2.75, 3.05) is 19.5 Å². The van der Waals surface area contributed by atoms with Crippen molar-refractivity contribution in [3.8, 4) is 0 Å². The zero-order valence-electron chi connectivity index (χ0n) is 10.6. The Morgan fingerprint density at radius 2 is 2.18 bits per heavy atom. The molecule has 6 heteroatoms. The second kappa shape index (κ2) is 4.75. The zero-order chi connectivity index (χ0) is 12.4. The number of imidazole rings is 1. The summed E-state index contributed by atoms with van der Waals surface area (Å²) in [7, 11) is 3.60. The number of hydrogen-bond acceptors (Lipinski definition) is 4. The lowest BCUT2D eigenvalue weighted by Gasteiger charge is -2.05. The van der Waals surface area contributed by atoms with Crippen LogP contribution in [0.4, 0.5) is 5.95 Å². The molecule has 2 aromatic heterocycles. The fraction of sp³-hybridized carbons (Fsp3) is 0.636. The van der Waals surface area contributed by atoms with Gasteiger partial charge >= 0.3 is 0 Å². The van der Waals surface area contributed by atoms with Crippen molar-refractivity contribution in [3.63, 3.8) is 0 Å². The van der Waals surface area contributed by atoms with Crippen molar-refractivity contribution >= 4 is 17.1 Å². The van der Waals surface area contributed by atoms with Crippen LogP contribution >= 0.6 is 0 Å². The number of fused-ring (bicyclic) bond motifs is 1. The lowest BCUT2D eigenvalue weighted by Crippen LogP contribution is -2.10. The van der Waals surface area contributed by atoms with Crippen molar-refractivity contribution in [1.29, 1.82) is 0 Å². The highest BCUT2D eigenvalue weighted by molar-refractivity contribution is 5.77. The minimum absolute atomic E-state index is 0.530. The maximum absolute atomic E-state index is 5.93. The molecule has 0 bridgehead atoms. The number of aryl methyl sites for hydroxylation is 2. The van der Waals surface area contributed by atoms with E-state index in [1.165, 1.54) is 0 Å². The molecule has 2 rings (SSSR count). The third-order valence-corrected chi connectivity index (χ3v) is 2.83. The molecule has 2 N–H and O–H groups in total. The van der Waals surface area contributed by atoms with E-state index in [0.29, 0.717) is 19.1 Å². The van der Waals surface area contributed by atoms with Gasteiger partial charge in [0.1, 0.15) is 5.52 Å². The zero-order valence-corrected chi connectivity index (χ0v) is 10.6. The van der Waals surface area contributed by atoms with Gasteiger partial charge in [-0.05, 0) is 6.42 Å². The number of hydrogen-bond donors (Lipinski definition) is 1. The molecular formula is C11H19N5O. The van der Waals surface area contributed by atoms with Crippen LogP contribution in [0.5, 0.6) is 0 Å². The predicted octanol–water partition coefficient (Wildman–Crippen LogP) is 0.951. The van der Waals surface area contributed by atoms with Crippen LogP contribution in [-0.4, -0.2) is 33.0 Å².